The summed E-state index contributed by atoms with van der Waals surface area (Å²) < 4.78 is 29.4. The number of carbonyl (C=O) groups is 2. The van der Waals surface area contributed by atoms with Gasteiger partial charge >= 0.3 is 5.97 Å². The lowest BCUT2D eigenvalue weighted by Gasteiger charge is -2.59. The summed E-state index contributed by atoms with van der Waals surface area (Å²) >= 11 is 0. The van der Waals surface area contributed by atoms with Crippen molar-refractivity contribution in [1.82, 2.24) is 9.80 Å². The Morgan fingerprint density at radius 2 is 1.79 bits per heavy atom. The van der Waals surface area contributed by atoms with Gasteiger partial charge in [-0.25, -0.2) is 9.78 Å². The molecule has 1 amide bonds. The molecule has 2 bridgehead atoms. The van der Waals surface area contributed by atoms with Crippen molar-refractivity contribution < 1.29 is 43.0 Å². The average Bonchev–Trinajstić information content (AvgIpc) is 3.33. The molecule has 7 aliphatic rings. The molecule has 1 saturated carbocycles. The lowest BCUT2D eigenvalue weighted by Crippen LogP contribution is -2.70. The van der Waals surface area contributed by atoms with Crippen LogP contribution in [0, 0.1) is 23.7 Å². The van der Waals surface area contributed by atoms with E-state index in [1.54, 1.807) is 0 Å². The van der Waals surface area contributed by atoms with Crippen LogP contribution >= 0.6 is 0 Å². The summed E-state index contributed by atoms with van der Waals surface area (Å²) in [5, 5.41) is 0. The maximum absolute atomic E-state index is 13.0. The lowest BCUT2D eigenvalue weighted by atomic mass is 9.58. The van der Waals surface area contributed by atoms with Gasteiger partial charge in [0.2, 0.25) is 24.8 Å². The molecule has 0 N–H and O–H groups in total. The van der Waals surface area contributed by atoms with Gasteiger partial charge in [0.1, 0.15) is 0 Å². The van der Waals surface area contributed by atoms with E-state index in [1.807, 2.05) is 30.0 Å². The summed E-state index contributed by atoms with van der Waals surface area (Å²) in [5.74, 6) is 0.913. The minimum atomic E-state index is -0.881. The van der Waals surface area contributed by atoms with Crippen molar-refractivity contribution in [3.63, 3.8) is 0 Å². The summed E-state index contributed by atoms with van der Waals surface area (Å²) in [5.41, 5.74) is 0.456. The highest BCUT2D eigenvalue weighted by atomic mass is 17.3. The van der Waals surface area contributed by atoms with Gasteiger partial charge in [0.25, 0.3) is 0 Å². The van der Waals surface area contributed by atoms with Crippen LogP contribution in [0.3, 0.4) is 0 Å². The van der Waals surface area contributed by atoms with Gasteiger partial charge < -0.3 is 28.6 Å². The molecule has 11 nitrogen and oxygen atoms in total. The molecule has 6 aliphatic heterocycles. The number of hydrogen-bond acceptors (Lipinski definition) is 10. The van der Waals surface area contributed by atoms with Crippen molar-refractivity contribution in [2.24, 2.45) is 23.7 Å². The van der Waals surface area contributed by atoms with Gasteiger partial charge in [-0.1, -0.05) is 19.9 Å². The number of fused-ring (bicyclic) bond motifs is 3. The number of amides is 1. The molecule has 0 radical (unpaired) electrons. The zero-order chi connectivity index (χ0) is 29.1. The Bertz CT molecular complexity index is 1200. The summed E-state index contributed by atoms with van der Waals surface area (Å²) in [6.07, 6.45) is 2.38. The van der Waals surface area contributed by atoms with Crippen LogP contribution < -0.4 is 9.47 Å². The number of carbonyl (C=O) groups excluding carboxylic acids is 2. The number of nitrogens with zero attached hydrogens (tertiary/aromatic N) is 2. The van der Waals surface area contributed by atoms with Crippen LogP contribution in [0.1, 0.15) is 64.9 Å². The Labute approximate surface area is 246 Å². The molecule has 11 heteroatoms. The molecule has 230 valence electrons. The third-order valence-electron chi connectivity index (χ3n) is 10.5. The summed E-state index contributed by atoms with van der Waals surface area (Å²) in [7, 11) is 0. The molecule has 0 aromatic heterocycles. The van der Waals surface area contributed by atoms with Crippen molar-refractivity contribution in [2.75, 3.05) is 33.0 Å². The van der Waals surface area contributed by atoms with E-state index in [0.29, 0.717) is 19.0 Å². The molecule has 5 saturated heterocycles. The number of benzene rings is 1. The molecule has 1 aliphatic carbocycles. The van der Waals surface area contributed by atoms with Crippen molar-refractivity contribution in [3.05, 3.63) is 23.8 Å². The highest BCUT2D eigenvalue weighted by Crippen LogP contribution is 2.60. The number of esters is 1. The lowest BCUT2D eigenvalue weighted by molar-refractivity contribution is -0.576. The SMILES string of the molecule is C[C@H]1[C@H](OC(=O)CCC(=O)N2CCN(Cc3ccc4c(c3)OCO4)CC2)O[C@@H]2O[C@@]3(C)CC[C@H]4[C@H](C)CC[C@H]1[C@@]24OO3. The monoisotopic (exact) mass is 586 g/mol. The standard InChI is InChI=1S/C31H42N2O9/c1-19-4-6-23-20(2)28(39-29-31(23)22(19)10-11-30(3,40-29)41-42-31)38-27(35)9-8-26(34)33-14-12-32(13-15-33)17-21-5-7-24-25(16-21)37-18-36-24/h5,7,16,19-20,22-23,28-29H,4,6,8-15,17-18H2,1-3H3/t19-,20-,22+,23-,28-,29-,30-,31-/m1/s1. The molecular formula is C31H42N2O9. The second-order valence-electron chi connectivity index (χ2n) is 13.1. The van der Waals surface area contributed by atoms with Gasteiger partial charge in [-0.3, -0.25) is 14.5 Å². The fourth-order valence-electron chi connectivity index (χ4n) is 8.02. The number of piperazine rings is 1. The van der Waals surface area contributed by atoms with Crippen molar-refractivity contribution >= 4 is 11.9 Å². The number of rotatable bonds is 6. The third kappa shape index (κ3) is 4.96. The number of ether oxygens (including phenoxy) is 5. The average molecular weight is 587 g/mol. The molecule has 1 spiro atoms. The van der Waals surface area contributed by atoms with Crippen molar-refractivity contribution in [3.8, 4) is 11.5 Å². The van der Waals surface area contributed by atoms with Crippen LogP contribution in [0.25, 0.3) is 0 Å². The van der Waals surface area contributed by atoms with Crippen LogP contribution in [0.2, 0.25) is 0 Å². The van der Waals surface area contributed by atoms with E-state index in [1.165, 1.54) is 0 Å². The smallest absolute Gasteiger partial charge is 0.308 e. The topological polar surface area (TPSA) is 105 Å². The Hall–Kier alpha value is -2.44. The Morgan fingerprint density at radius 1 is 0.976 bits per heavy atom. The molecule has 8 atom stereocenters. The zero-order valence-electron chi connectivity index (χ0n) is 24.8. The molecule has 1 aromatic carbocycles. The van der Waals surface area contributed by atoms with E-state index in [2.05, 4.69) is 18.7 Å². The first kappa shape index (κ1) is 28.3. The van der Waals surface area contributed by atoms with Crippen LogP contribution in [0.5, 0.6) is 11.5 Å². The van der Waals surface area contributed by atoms with E-state index in [0.717, 1.165) is 62.4 Å². The highest BCUT2D eigenvalue weighted by molar-refractivity contribution is 5.81. The molecular weight excluding hydrogens is 544 g/mol. The first-order chi connectivity index (χ1) is 20.2. The first-order valence-corrected chi connectivity index (χ1v) is 15.5. The minimum absolute atomic E-state index is 0.0150. The van der Waals surface area contributed by atoms with Crippen molar-refractivity contribution in [2.45, 2.75) is 89.8 Å². The third-order valence-corrected chi connectivity index (χ3v) is 10.5. The normalized spacial score (nSPS) is 39.0. The summed E-state index contributed by atoms with van der Waals surface area (Å²) in [6, 6.07) is 6.01. The Kier molecular flexibility index (Phi) is 7.37. The fraction of sp³-hybridized carbons (Fsp3) is 0.742. The predicted molar refractivity (Wildman–Crippen MR) is 147 cm³/mol. The van der Waals surface area contributed by atoms with Gasteiger partial charge in [-0.15, -0.1) is 0 Å². The van der Waals surface area contributed by atoms with Gasteiger partial charge in [-0.05, 0) is 55.7 Å². The van der Waals surface area contributed by atoms with Gasteiger partial charge in [0, 0.05) is 57.4 Å². The van der Waals surface area contributed by atoms with Crippen LogP contribution in [0.15, 0.2) is 18.2 Å². The van der Waals surface area contributed by atoms with Crippen molar-refractivity contribution in [1.29, 1.82) is 0 Å². The quantitative estimate of drug-likeness (QED) is 0.363. The Morgan fingerprint density at radius 3 is 2.62 bits per heavy atom. The predicted octanol–water partition coefficient (Wildman–Crippen LogP) is 3.59. The van der Waals surface area contributed by atoms with E-state index in [4.69, 9.17) is 33.5 Å². The Balaban J connectivity index is 0.904. The molecule has 42 heavy (non-hydrogen) atoms. The second-order valence-corrected chi connectivity index (χ2v) is 13.1. The molecule has 6 heterocycles. The first-order valence-electron chi connectivity index (χ1n) is 15.5. The van der Waals surface area contributed by atoms with Crippen LogP contribution in [0.4, 0.5) is 0 Å². The zero-order valence-corrected chi connectivity index (χ0v) is 24.8. The van der Waals surface area contributed by atoms with E-state index < -0.39 is 29.9 Å². The largest absolute Gasteiger partial charge is 0.454 e. The van der Waals surface area contributed by atoms with E-state index >= 15 is 0 Å². The molecule has 6 fully saturated rings. The summed E-state index contributed by atoms with van der Waals surface area (Å²) in [4.78, 5) is 42.1. The molecule has 0 unspecified atom stereocenters. The van der Waals surface area contributed by atoms with E-state index in [9.17, 15) is 9.59 Å². The summed E-state index contributed by atoms with van der Waals surface area (Å²) in [6.45, 7) is 10.0. The van der Waals surface area contributed by atoms with Gasteiger partial charge in [0.05, 0.1) is 6.42 Å². The minimum Gasteiger partial charge on any atom is -0.454 e. The second kappa shape index (κ2) is 10.9. The maximum atomic E-state index is 13.0. The van der Waals surface area contributed by atoms with Gasteiger partial charge in [0.15, 0.2) is 23.4 Å². The van der Waals surface area contributed by atoms with Crippen LogP contribution in [-0.2, 0) is 40.1 Å². The highest BCUT2D eigenvalue weighted by Gasteiger charge is 2.69. The van der Waals surface area contributed by atoms with Gasteiger partial charge in [-0.2, -0.15) is 0 Å². The fourth-order valence-corrected chi connectivity index (χ4v) is 8.02. The number of hydrogen-bond donors (Lipinski definition) is 0. The maximum Gasteiger partial charge on any atom is 0.308 e. The molecule has 1 aromatic rings. The molecule has 8 rings (SSSR count). The van der Waals surface area contributed by atoms with E-state index in [-0.39, 0.29) is 43.3 Å². The van der Waals surface area contributed by atoms with Crippen LogP contribution in [-0.4, -0.2) is 78.6 Å².